The van der Waals surface area contributed by atoms with E-state index in [0.29, 0.717) is 19.3 Å². The minimum atomic E-state index is 0.357. The van der Waals surface area contributed by atoms with Gasteiger partial charge in [-0.15, -0.1) is 0 Å². The summed E-state index contributed by atoms with van der Waals surface area (Å²) in [7, 11) is 1.67. The van der Waals surface area contributed by atoms with Gasteiger partial charge in [0, 0.05) is 13.7 Å². The number of hydrogen-bond donors (Lipinski definition) is 0. The Morgan fingerprint density at radius 1 is 1.50 bits per heavy atom. The molecule has 1 aliphatic heterocycles. The summed E-state index contributed by atoms with van der Waals surface area (Å²) in [6, 6.07) is 0.357. The highest BCUT2D eigenvalue weighted by Gasteiger charge is 2.18. The normalized spacial score (nSPS) is 26.0. The monoisotopic (exact) mass is 175 g/mol. The number of morpholine rings is 1. The SMILES string of the molecule is COCCON1CCOC[C@H]1C. The molecule has 0 aromatic heterocycles. The third-order valence-corrected chi connectivity index (χ3v) is 1.85. The minimum Gasteiger partial charge on any atom is -0.382 e. The van der Waals surface area contributed by atoms with E-state index < -0.39 is 0 Å². The number of rotatable bonds is 4. The van der Waals surface area contributed by atoms with Gasteiger partial charge in [-0.2, -0.15) is 5.06 Å². The average molecular weight is 175 g/mol. The summed E-state index contributed by atoms with van der Waals surface area (Å²) in [6.07, 6.45) is 0. The Bertz CT molecular complexity index is 121. The molecular formula is C8H17NO3. The molecule has 0 aromatic carbocycles. The van der Waals surface area contributed by atoms with Crippen LogP contribution in [0.3, 0.4) is 0 Å². The van der Waals surface area contributed by atoms with Crippen molar-refractivity contribution in [2.75, 3.05) is 40.1 Å². The molecule has 0 unspecified atom stereocenters. The lowest BCUT2D eigenvalue weighted by molar-refractivity contribution is -0.225. The van der Waals surface area contributed by atoms with Gasteiger partial charge in [0.1, 0.15) is 0 Å². The molecule has 1 saturated heterocycles. The molecule has 1 atom stereocenters. The highest BCUT2D eigenvalue weighted by atomic mass is 16.7. The van der Waals surface area contributed by atoms with Gasteiger partial charge < -0.3 is 9.47 Å². The molecule has 4 heteroatoms. The molecule has 0 aromatic rings. The molecule has 0 amide bonds. The number of hydrogen-bond acceptors (Lipinski definition) is 4. The van der Waals surface area contributed by atoms with Crippen LogP contribution < -0.4 is 0 Å². The van der Waals surface area contributed by atoms with E-state index in [0.717, 1.165) is 19.8 Å². The summed E-state index contributed by atoms with van der Waals surface area (Å²) in [5, 5.41) is 1.96. The Labute approximate surface area is 73.3 Å². The van der Waals surface area contributed by atoms with E-state index in [4.69, 9.17) is 14.3 Å². The molecule has 0 saturated carbocycles. The predicted molar refractivity (Wildman–Crippen MR) is 44.8 cm³/mol. The van der Waals surface area contributed by atoms with Crippen molar-refractivity contribution in [3.05, 3.63) is 0 Å². The largest absolute Gasteiger partial charge is 0.382 e. The third-order valence-electron chi connectivity index (χ3n) is 1.85. The maximum atomic E-state index is 5.46. The lowest BCUT2D eigenvalue weighted by atomic mass is 10.3. The van der Waals surface area contributed by atoms with Crippen LogP contribution in [0.5, 0.6) is 0 Å². The fourth-order valence-corrected chi connectivity index (χ4v) is 1.14. The highest BCUT2D eigenvalue weighted by molar-refractivity contribution is 4.63. The highest BCUT2D eigenvalue weighted by Crippen LogP contribution is 2.05. The van der Waals surface area contributed by atoms with E-state index in [-0.39, 0.29) is 0 Å². The molecule has 4 nitrogen and oxygen atoms in total. The van der Waals surface area contributed by atoms with Crippen molar-refractivity contribution in [2.45, 2.75) is 13.0 Å². The lowest BCUT2D eigenvalue weighted by Crippen LogP contribution is -2.43. The van der Waals surface area contributed by atoms with Crippen molar-refractivity contribution in [3.8, 4) is 0 Å². The Kier molecular flexibility index (Phi) is 4.53. The van der Waals surface area contributed by atoms with Gasteiger partial charge in [0.25, 0.3) is 0 Å². The molecule has 0 N–H and O–H groups in total. The molecule has 1 fully saturated rings. The summed E-state index contributed by atoms with van der Waals surface area (Å²) in [5.74, 6) is 0. The lowest BCUT2D eigenvalue weighted by Gasteiger charge is -2.31. The first kappa shape index (κ1) is 9.92. The first-order valence-electron chi connectivity index (χ1n) is 4.31. The van der Waals surface area contributed by atoms with Gasteiger partial charge >= 0.3 is 0 Å². The predicted octanol–water partition coefficient (Wildman–Crippen LogP) is 0.285. The van der Waals surface area contributed by atoms with Crippen LogP contribution in [-0.4, -0.2) is 51.2 Å². The zero-order valence-corrected chi connectivity index (χ0v) is 7.78. The summed E-state index contributed by atoms with van der Waals surface area (Å²) in [6.45, 7) is 5.73. The molecule has 0 aliphatic carbocycles. The third kappa shape index (κ3) is 3.06. The van der Waals surface area contributed by atoms with Crippen molar-refractivity contribution in [2.24, 2.45) is 0 Å². The zero-order chi connectivity index (χ0) is 8.81. The molecule has 1 aliphatic rings. The van der Waals surface area contributed by atoms with Crippen molar-refractivity contribution < 1.29 is 14.3 Å². The van der Waals surface area contributed by atoms with Gasteiger partial charge in [-0.3, -0.25) is 4.84 Å². The summed E-state index contributed by atoms with van der Waals surface area (Å²) < 4.78 is 10.2. The van der Waals surface area contributed by atoms with E-state index >= 15 is 0 Å². The number of methoxy groups -OCH3 is 1. The molecular weight excluding hydrogens is 158 g/mol. The van der Waals surface area contributed by atoms with Gasteiger partial charge in [0.2, 0.25) is 0 Å². The van der Waals surface area contributed by atoms with Crippen LogP contribution in [0.1, 0.15) is 6.92 Å². The second kappa shape index (κ2) is 5.48. The van der Waals surface area contributed by atoms with Crippen LogP contribution in [0.15, 0.2) is 0 Å². The molecule has 0 bridgehead atoms. The van der Waals surface area contributed by atoms with Crippen LogP contribution in [0.2, 0.25) is 0 Å². The van der Waals surface area contributed by atoms with E-state index in [2.05, 4.69) is 6.92 Å². The minimum absolute atomic E-state index is 0.357. The Hall–Kier alpha value is -0.160. The topological polar surface area (TPSA) is 30.9 Å². The fourth-order valence-electron chi connectivity index (χ4n) is 1.14. The smallest absolute Gasteiger partial charge is 0.0918 e. The van der Waals surface area contributed by atoms with Gasteiger partial charge in [-0.1, -0.05) is 0 Å². The van der Waals surface area contributed by atoms with E-state index in [9.17, 15) is 0 Å². The molecule has 72 valence electrons. The van der Waals surface area contributed by atoms with Crippen molar-refractivity contribution in [3.63, 3.8) is 0 Å². The van der Waals surface area contributed by atoms with Crippen LogP contribution in [0.4, 0.5) is 0 Å². The van der Waals surface area contributed by atoms with Crippen molar-refractivity contribution >= 4 is 0 Å². The van der Waals surface area contributed by atoms with E-state index in [1.165, 1.54) is 0 Å². The second-order valence-electron chi connectivity index (χ2n) is 2.89. The Morgan fingerprint density at radius 2 is 2.33 bits per heavy atom. The standard InChI is InChI=1S/C8H17NO3/c1-8-7-11-4-3-9(8)12-6-5-10-2/h8H,3-7H2,1-2H3/t8-/m1/s1. The molecule has 0 radical (unpaired) electrons. The maximum absolute atomic E-state index is 5.46. The van der Waals surface area contributed by atoms with Crippen LogP contribution in [0, 0.1) is 0 Å². The maximum Gasteiger partial charge on any atom is 0.0918 e. The fraction of sp³-hybridized carbons (Fsp3) is 1.00. The molecule has 1 heterocycles. The number of hydroxylamine groups is 2. The van der Waals surface area contributed by atoms with Gasteiger partial charge in [-0.05, 0) is 6.92 Å². The zero-order valence-electron chi connectivity index (χ0n) is 7.78. The Balaban J connectivity index is 2.11. The van der Waals surface area contributed by atoms with Crippen molar-refractivity contribution in [1.82, 2.24) is 5.06 Å². The molecule has 0 spiro atoms. The number of nitrogens with zero attached hydrogens (tertiary/aromatic N) is 1. The molecule has 12 heavy (non-hydrogen) atoms. The molecule has 1 rings (SSSR count). The van der Waals surface area contributed by atoms with Gasteiger partial charge in [0.05, 0.1) is 32.5 Å². The van der Waals surface area contributed by atoms with Crippen molar-refractivity contribution in [1.29, 1.82) is 0 Å². The summed E-state index contributed by atoms with van der Waals surface area (Å²) in [5.41, 5.74) is 0. The van der Waals surface area contributed by atoms with Crippen LogP contribution >= 0.6 is 0 Å². The first-order chi connectivity index (χ1) is 5.84. The average Bonchev–Trinajstić information content (AvgIpc) is 2.09. The van der Waals surface area contributed by atoms with Crippen LogP contribution in [-0.2, 0) is 14.3 Å². The number of ether oxygens (including phenoxy) is 2. The van der Waals surface area contributed by atoms with E-state index in [1.54, 1.807) is 7.11 Å². The van der Waals surface area contributed by atoms with Gasteiger partial charge in [-0.25, -0.2) is 0 Å². The van der Waals surface area contributed by atoms with E-state index in [1.807, 2.05) is 5.06 Å². The summed E-state index contributed by atoms with van der Waals surface area (Å²) >= 11 is 0. The quantitative estimate of drug-likeness (QED) is 0.574. The summed E-state index contributed by atoms with van der Waals surface area (Å²) in [4.78, 5) is 5.46. The first-order valence-corrected chi connectivity index (χ1v) is 4.31. The van der Waals surface area contributed by atoms with Crippen LogP contribution in [0.25, 0.3) is 0 Å². The second-order valence-corrected chi connectivity index (χ2v) is 2.89. The van der Waals surface area contributed by atoms with Gasteiger partial charge in [0.15, 0.2) is 0 Å². The Morgan fingerprint density at radius 3 is 3.00 bits per heavy atom.